The van der Waals surface area contributed by atoms with Crippen LogP contribution in [0, 0.1) is 19.7 Å². The Bertz CT molecular complexity index is 1310. The Morgan fingerprint density at radius 2 is 1.61 bits per heavy atom. The van der Waals surface area contributed by atoms with Crippen LogP contribution >= 0.6 is 0 Å². The summed E-state index contributed by atoms with van der Waals surface area (Å²) >= 11 is 0. The molecular formula is C26H29FN2O6S. The van der Waals surface area contributed by atoms with Crippen molar-refractivity contribution in [3.63, 3.8) is 0 Å². The molecule has 0 atom stereocenters. The fraction of sp³-hybridized carbons (Fsp3) is 0.269. The summed E-state index contributed by atoms with van der Waals surface area (Å²) in [5, 5.41) is 2.67. The number of rotatable bonds is 11. The summed E-state index contributed by atoms with van der Waals surface area (Å²) in [4.78, 5) is 12.6. The average Bonchev–Trinajstić information content (AvgIpc) is 2.87. The van der Waals surface area contributed by atoms with Crippen molar-refractivity contribution in [3.8, 4) is 17.2 Å². The second kappa shape index (κ2) is 11.8. The van der Waals surface area contributed by atoms with Crippen LogP contribution in [0.3, 0.4) is 0 Å². The van der Waals surface area contributed by atoms with E-state index in [2.05, 4.69) is 5.32 Å². The minimum Gasteiger partial charge on any atom is -0.493 e. The van der Waals surface area contributed by atoms with Crippen LogP contribution in [0.1, 0.15) is 11.1 Å². The lowest BCUT2D eigenvalue weighted by molar-refractivity contribution is -0.119. The van der Waals surface area contributed by atoms with E-state index in [-0.39, 0.29) is 29.5 Å². The van der Waals surface area contributed by atoms with Crippen LogP contribution in [0.15, 0.2) is 65.6 Å². The van der Waals surface area contributed by atoms with Crippen molar-refractivity contribution in [2.24, 2.45) is 0 Å². The normalized spacial score (nSPS) is 11.0. The van der Waals surface area contributed by atoms with Gasteiger partial charge in [-0.05, 0) is 73.5 Å². The van der Waals surface area contributed by atoms with Crippen molar-refractivity contribution in [3.05, 3.63) is 77.6 Å². The summed E-state index contributed by atoms with van der Waals surface area (Å²) in [6.07, 6.45) is 0. The van der Waals surface area contributed by atoms with E-state index in [0.29, 0.717) is 11.5 Å². The zero-order valence-corrected chi connectivity index (χ0v) is 21.4. The smallest absolute Gasteiger partial charge is 0.264 e. The maximum Gasteiger partial charge on any atom is 0.264 e. The number of aryl methyl sites for hydroxylation is 2. The van der Waals surface area contributed by atoms with Crippen molar-refractivity contribution in [1.29, 1.82) is 0 Å². The SMILES string of the molecule is COc1ccc(S(=O)(=O)N(CC(=O)NCCOc2ccc(C)c(C)c2)c2ccc(F)cc2)cc1OC. The minimum absolute atomic E-state index is 0.115. The van der Waals surface area contributed by atoms with E-state index in [4.69, 9.17) is 14.2 Å². The van der Waals surface area contributed by atoms with Crippen LogP contribution in [0.4, 0.5) is 10.1 Å². The van der Waals surface area contributed by atoms with Crippen molar-refractivity contribution in [2.75, 3.05) is 38.2 Å². The zero-order chi connectivity index (χ0) is 26.3. The second-order valence-electron chi connectivity index (χ2n) is 7.95. The number of hydrogen-bond donors (Lipinski definition) is 1. The first kappa shape index (κ1) is 26.8. The lowest BCUT2D eigenvalue weighted by Gasteiger charge is -2.24. The highest BCUT2D eigenvalue weighted by atomic mass is 32.2. The quantitative estimate of drug-likeness (QED) is 0.389. The van der Waals surface area contributed by atoms with E-state index >= 15 is 0 Å². The Kier molecular flexibility index (Phi) is 8.76. The number of carbonyl (C=O) groups excluding carboxylic acids is 1. The fourth-order valence-corrected chi connectivity index (χ4v) is 4.81. The van der Waals surface area contributed by atoms with Crippen molar-refractivity contribution in [2.45, 2.75) is 18.7 Å². The third kappa shape index (κ3) is 6.45. The van der Waals surface area contributed by atoms with Crippen LogP contribution in [-0.2, 0) is 14.8 Å². The number of ether oxygens (including phenoxy) is 3. The standard InChI is InChI=1S/C26H29FN2O6S/c1-18-5-10-22(15-19(18)2)35-14-13-28-26(30)17-29(21-8-6-20(27)7-9-21)36(31,32)23-11-12-24(33-3)25(16-23)34-4/h5-12,15-16H,13-14,17H2,1-4H3,(H,28,30). The number of benzene rings is 3. The molecule has 0 saturated carbocycles. The molecule has 3 rings (SSSR count). The molecule has 0 aromatic heterocycles. The summed E-state index contributed by atoms with van der Waals surface area (Å²) in [7, 11) is -1.40. The molecule has 0 aliphatic rings. The van der Waals surface area contributed by atoms with E-state index in [1.807, 2.05) is 32.0 Å². The van der Waals surface area contributed by atoms with Crippen molar-refractivity contribution >= 4 is 21.6 Å². The molecule has 1 amide bonds. The first-order chi connectivity index (χ1) is 17.1. The number of nitrogens with zero attached hydrogens (tertiary/aromatic N) is 1. The Balaban J connectivity index is 1.75. The lowest BCUT2D eigenvalue weighted by Crippen LogP contribution is -2.42. The average molecular weight is 517 g/mol. The molecule has 192 valence electrons. The zero-order valence-electron chi connectivity index (χ0n) is 20.6. The number of amides is 1. The molecule has 36 heavy (non-hydrogen) atoms. The molecule has 10 heteroatoms. The largest absolute Gasteiger partial charge is 0.493 e. The summed E-state index contributed by atoms with van der Waals surface area (Å²) in [6.45, 7) is 3.83. The number of anilines is 1. The lowest BCUT2D eigenvalue weighted by atomic mass is 10.1. The Labute approximate surface area is 210 Å². The molecule has 0 saturated heterocycles. The topological polar surface area (TPSA) is 94.2 Å². The number of methoxy groups -OCH3 is 2. The van der Waals surface area contributed by atoms with Gasteiger partial charge in [-0.3, -0.25) is 9.10 Å². The molecule has 0 radical (unpaired) electrons. The van der Waals surface area contributed by atoms with Gasteiger partial charge >= 0.3 is 0 Å². The maximum atomic E-state index is 13.5. The molecule has 0 aliphatic carbocycles. The number of carbonyl (C=O) groups is 1. The van der Waals surface area contributed by atoms with Crippen LogP contribution < -0.4 is 23.8 Å². The molecule has 3 aromatic rings. The highest BCUT2D eigenvalue weighted by Gasteiger charge is 2.28. The molecule has 0 aliphatic heterocycles. The van der Waals surface area contributed by atoms with Gasteiger partial charge < -0.3 is 19.5 Å². The molecular weight excluding hydrogens is 487 g/mol. The predicted molar refractivity (Wildman–Crippen MR) is 135 cm³/mol. The molecule has 0 fully saturated rings. The number of nitrogens with one attached hydrogen (secondary N) is 1. The van der Waals surface area contributed by atoms with Gasteiger partial charge in [0, 0.05) is 6.07 Å². The molecule has 3 aromatic carbocycles. The minimum atomic E-state index is -4.22. The number of sulfonamides is 1. The number of halogens is 1. The molecule has 0 bridgehead atoms. The first-order valence-corrected chi connectivity index (χ1v) is 12.6. The van der Waals surface area contributed by atoms with E-state index < -0.39 is 28.3 Å². The van der Waals surface area contributed by atoms with Gasteiger partial charge in [0.05, 0.1) is 31.3 Å². The Hall–Kier alpha value is -3.79. The van der Waals surface area contributed by atoms with E-state index in [9.17, 15) is 17.6 Å². The highest BCUT2D eigenvalue weighted by molar-refractivity contribution is 7.92. The van der Waals surface area contributed by atoms with Crippen LogP contribution in [0.5, 0.6) is 17.2 Å². The summed E-state index contributed by atoms with van der Waals surface area (Å²) < 4.78 is 57.5. The van der Waals surface area contributed by atoms with Gasteiger partial charge in [0.2, 0.25) is 5.91 Å². The third-order valence-corrected chi connectivity index (χ3v) is 7.29. The Morgan fingerprint density at radius 1 is 0.917 bits per heavy atom. The van der Waals surface area contributed by atoms with Crippen LogP contribution in [0.25, 0.3) is 0 Å². The molecule has 0 heterocycles. The summed E-state index contributed by atoms with van der Waals surface area (Å²) in [5.74, 6) is 0.162. The first-order valence-electron chi connectivity index (χ1n) is 11.1. The molecule has 0 spiro atoms. The fourth-order valence-electron chi connectivity index (χ4n) is 3.38. The highest BCUT2D eigenvalue weighted by Crippen LogP contribution is 2.32. The number of hydrogen-bond acceptors (Lipinski definition) is 6. The van der Waals surface area contributed by atoms with Gasteiger partial charge in [-0.15, -0.1) is 0 Å². The van der Waals surface area contributed by atoms with Gasteiger partial charge in [0.25, 0.3) is 10.0 Å². The van der Waals surface area contributed by atoms with Gasteiger partial charge in [0.15, 0.2) is 11.5 Å². The van der Waals surface area contributed by atoms with Gasteiger partial charge in [0.1, 0.15) is 24.7 Å². The Morgan fingerprint density at radius 3 is 2.25 bits per heavy atom. The third-order valence-electron chi connectivity index (χ3n) is 5.52. The van der Waals surface area contributed by atoms with Crippen LogP contribution in [0.2, 0.25) is 0 Å². The molecule has 0 unspecified atom stereocenters. The van der Waals surface area contributed by atoms with Crippen molar-refractivity contribution in [1.82, 2.24) is 5.32 Å². The maximum absolute atomic E-state index is 13.5. The monoisotopic (exact) mass is 516 g/mol. The van der Waals surface area contributed by atoms with E-state index in [0.717, 1.165) is 27.6 Å². The summed E-state index contributed by atoms with van der Waals surface area (Å²) in [5.41, 5.74) is 2.37. The molecule has 8 nitrogen and oxygen atoms in total. The van der Waals surface area contributed by atoms with E-state index in [1.54, 1.807) is 0 Å². The predicted octanol–water partition coefficient (Wildman–Crippen LogP) is 3.85. The van der Waals surface area contributed by atoms with E-state index in [1.165, 1.54) is 44.6 Å². The van der Waals surface area contributed by atoms with Gasteiger partial charge in [-0.2, -0.15) is 0 Å². The second-order valence-corrected chi connectivity index (χ2v) is 9.81. The summed E-state index contributed by atoms with van der Waals surface area (Å²) in [6, 6.07) is 14.7. The van der Waals surface area contributed by atoms with Crippen molar-refractivity contribution < 1.29 is 31.8 Å². The van der Waals surface area contributed by atoms with Gasteiger partial charge in [-0.25, -0.2) is 12.8 Å². The molecule has 1 N–H and O–H groups in total. The van der Waals surface area contributed by atoms with Gasteiger partial charge in [-0.1, -0.05) is 6.07 Å². The van der Waals surface area contributed by atoms with Crippen LogP contribution in [-0.4, -0.2) is 48.2 Å².